The van der Waals surface area contributed by atoms with Crippen LogP contribution >= 0.6 is 15.9 Å². The normalized spacial score (nSPS) is 11.8. The van der Waals surface area contributed by atoms with E-state index in [0.29, 0.717) is 34.7 Å². The highest BCUT2D eigenvalue weighted by atomic mass is 79.9. The number of carbonyl (C=O) groups excluding carboxylic acids is 2. The van der Waals surface area contributed by atoms with E-state index in [1.54, 1.807) is 18.2 Å². The Balaban J connectivity index is 2.06. The average Bonchev–Trinajstić information content (AvgIpc) is 2.68. The fourth-order valence-electron chi connectivity index (χ4n) is 2.59. The molecule has 0 aromatic heterocycles. The SMILES string of the molecule is COC(=O)C(Cc1ccccc1)NC(=O)c1ccc(OCCC(C)C)c(Br)c1. The summed E-state index contributed by atoms with van der Waals surface area (Å²) in [6, 6.07) is 13.9. The van der Waals surface area contributed by atoms with E-state index in [1.807, 2.05) is 30.3 Å². The number of ether oxygens (including phenoxy) is 2. The third kappa shape index (κ3) is 6.68. The molecule has 2 aromatic carbocycles. The Kier molecular flexibility index (Phi) is 8.51. The number of hydrogen-bond donors (Lipinski definition) is 1. The van der Waals surface area contributed by atoms with Gasteiger partial charge in [-0.3, -0.25) is 4.79 Å². The predicted molar refractivity (Wildman–Crippen MR) is 113 cm³/mol. The van der Waals surface area contributed by atoms with Crippen LogP contribution in [0, 0.1) is 5.92 Å². The van der Waals surface area contributed by atoms with Gasteiger partial charge in [0.05, 0.1) is 18.2 Å². The highest BCUT2D eigenvalue weighted by Crippen LogP contribution is 2.26. The maximum atomic E-state index is 12.7. The van der Waals surface area contributed by atoms with E-state index in [0.717, 1.165) is 12.0 Å². The molecule has 0 saturated carbocycles. The Morgan fingerprint density at radius 3 is 2.43 bits per heavy atom. The van der Waals surface area contributed by atoms with Crippen molar-refractivity contribution >= 4 is 27.8 Å². The van der Waals surface area contributed by atoms with Crippen molar-refractivity contribution in [1.82, 2.24) is 5.32 Å². The lowest BCUT2D eigenvalue weighted by molar-refractivity contribution is -0.142. The molecule has 0 aliphatic rings. The van der Waals surface area contributed by atoms with Crippen molar-refractivity contribution in [3.05, 3.63) is 64.1 Å². The van der Waals surface area contributed by atoms with Gasteiger partial charge in [0.15, 0.2) is 0 Å². The molecule has 0 fully saturated rings. The van der Waals surface area contributed by atoms with E-state index in [9.17, 15) is 9.59 Å². The standard InChI is InChI=1S/C22H26BrNO4/c1-15(2)11-12-28-20-10-9-17(14-18(20)23)21(25)24-19(22(26)27-3)13-16-7-5-4-6-8-16/h4-10,14-15,19H,11-13H2,1-3H3,(H,24,25). The molecule has 0 bridgehead atoms. The van der Waals surface area contributed by atoms with Gasteiger partial charge >= 0.3 is 5.97 Å². The molecule has 2 rings (SSSR count). The molecule has 0 spiro atoms. The number of hydrogen-bond acceptors (Lipinski definition) is 4. The first-order valence-corrected chi connectivity index (χ1v) is 10.0. The van der Waals surface area contributed by atoms with Crippen LogP contribution in [0.3, 0.4) is 0 Å². The molecule has 0 radical (unpaired) electrons. The molecule has 28 heavy (non-hydrogen) atoms. The van der Waals surface area contributed by atoms with Crippen LogP contribution in [0.5, 0.6) is 5.75 Å². The van der Waals surface area contributed by atoms with Crippen LogP contribution in [0.25, 0.3) is 0 Å². The summed E-state index contributed by atoms with van der Waals surface area (Å²) in [6.45, 7) is 4.89. The number of amides is 1. The summed E-state index contributed by atoms with van der Waals surface area (Å²) in [5, 5.41) is 2.76. The molecule has 5 nitrogen and oxygen atoms in total. The lowest BCUT2D eigenvalue weighted by Gasteiger charge is -2.17. The second kappa shape index (κ2) is 10.9. The summed E-state index contributed by atoms with van der Waals surface area (Å²) in [5.74, 6) is 0.417. The fourth-order valence-corrected chi connectivity index (χ4v) is 3.08. The first kappa shape index (κ1) is 22.0. The Hall–Kier alpha value is -2.34. The highest BCUT2D eigenvalue weighted by molar-refractivity contribution is 9.10. The van der Waals surface area contributed by atoms with Crippen LogP contribution in [0.2, 0.25) is 0 Å². The molecule has 6 heteroatoms. The number of methoxy groups -OCH3 is 1. The van der Waals surface area contributed by atoms with Gasteiger partial charge in [0.25, 0.3) is 5.91 Å². The zero-order chi connectivity index (χ0) is 20.5. The van der Waals surface area contributed by atoms with Crippen LogP contribution in [0.1, 0.15) is 36.2 Å². The van der Waals surface area contributed by atoms with Crippen LogP contribution in [-0.4, -0.2) is 31.6 Å². The number of nitrogens with one attached hydrogen (secondary N) is 1. The van der Waals surface area contributed by atoms with E-state index in [1.165, 1.54) is 7.11 Å². The molecule has 2 aromatic rings. The predicted octanol–water partition coefficient (Wildman–Crippen LogP) is 4.39. The van der Waals surface area contributed by atoms with Gasteiger partial charge < -0.3 is 14.8 Å². The van der Waals surface area contributed by atoms with E-state index in [4.69, 9.17) is 9.47 Å². The first-order chi connectivity index (χ1) is 13.4. The Labute approximate surface area is 174 Å². The molecule has 1 atom stereocenters. The smallest absolute Gasteiger partial charge is 0.328 e. The number of esters is 1. The Morgan fingerprint density at radius 2 is 1.82 bits per heavy atom. The minimum atomic E-state index is -0.763. The molecule has 0 heterocycles. The number of carbonyl (C=O) groups is 2. The zero-order valence-corrected chi connectivity index (χ0v) is 18.0. The van der Waals surface area contributed by atoms with E-state index in [2.05, 4.69) is 35.1 Å². The van der Waals surface area contributed by atoms with Crippen LogP contribution < -0.4 is 10.1 Å². The van der Waals surface area contributed by atoms with Crippen LogP contribution in [-0.2, 0) is 16.0 Å². The van der Waals surface area contributed by atoms with Crippen LogP contribution in [0.4, 0.5) is 0 Å². The average molecular weight is 448 g/mol. The second-order valence-corrected chi connectivity index (χ2v) is 7.77. The van der Waals surface area contributed by atoms with Crippen molar-refractivity contribution in [3.63, 3.8) is 0 Å². The van der Waals surface area contributed by atoms with Crippen LogP contribution in [0.15, 0.2) is 53.0 Å². The van der Waals surface area contributed by atoms with Crippen molar-refractivity contribution in [2.24, 2.45) is 5.92 Å². The van der Waals surface area contributed by atoms with E-state index < -0.39 is 12.0 Å². The third-order valence-electron chi connectivity index (χ3n) is 4.22. The number of rotatable bonds is 9. The zero-order valence-electron chi connectivity index (χ0n) is 16.4. The minimum absolute atomic E-state index is 0.347. The van der Waals surface area contributed by atoms with Gasteiger partial charge in [0, 0.05) is 12.0 Å². The topological polar surface area (TPSA) is 64.6 Å². The molecular formula is C22H26BrNO4. The van der Waals surface area contributed by atoms with Gasteiger partial charge in [-0.15, -0.1) is 0 Å². The largest absolute Gasteiger partial charge is 0.492 e. The summed E-state index contributed by atoms with van der Waals surface area (Å²) >= 11 is 3.45. The van der Waals surface area contributed by atoms with Crippen molar-refractivity contribution in [2.45, 2.75) is 32.7 Å². The number of halogens is 1. The minimum Gasteiger partial charge on any atom is -0.492 e. The molecule has 1 N–H and O–H groups in total. The molecule has 0 aliphatic heterocycles. The van der Waals surface area contributed by atoms with Crippen molar-refractivity contribution in [2.75, 3.05) is 13.7 Å². The number of benzene rings is 2. The second-order valence-electron chi connectivity index (χ2n) is 6.92. The molecule has 0 aliphatic carbocycles. The van der Waals surface area contributed by atoms with Gasteiger partial charge in [0.1, 0.15) is 11.8 Å². The fraction of sp³-hybridized carbons (Fsp3) is 0.364. The molecule has 1 amide bonds. The maximum Gasteiger partial charge on any atom is 0.328 e. The van der Waals surface area contributed by atoms with E-state index >= 15 is 0 Å². The quantitative estimate of drug-likeness (QED) is 0.578. The van der Waals surface area contributed by atoms with Crippen molar-refractivity contribution in [1.29, 1.82) is 0 Å². The van der Waals surface area contributed by atoms with Gasteiger partial charge in [-0.05, 0) is 52.0 Å². The van der Waals surface area contributed by atoms with Gasteiger partial charge in [-0.25, -0.2) is 4.79 Å². The maximum absolute atomic E-state index is 12.7. The highest BCUT2D eigenvalue weighted by Gasteiger charge is 2.23. The summed E-state index contributed by atoms with van der Waals surface area (Å²) in [6.07, 6.45) is 1.31. The Bertz CT molecular complexity index is 792. The van der Waals surface area contributed by atoms with Crippen molar-refractivity contribution < 1.29 is 19.1 Å². The molecule has 1 unspecified atom stereocenters. The Morgan fingerprint density at radius 1 is 1.11 bits per heavy atom. The van der Waals surface area contributed by atoms with Gasteiger partial charge in [-0.2, -0.15) is 0 Å². The van der Waals surface area contributed by atoms with Gasteiger partial charge in [-0.1, -0.05) is 44.2 Å². The summed E-state index contributed by atoms with van der Waals surface area (Å²) in [7, 11) is 1.31. The molecular weight excluding hydrogens is 422 g/mol. The van der Waals surface area contributed by atoms with E-state index in [-0.39, 0.29) is 5.91 Å². The van der Waals surface area contributed by atoms with Crippen molar-refractivity contribution in [3.8, 4) is 5.75 Å². The first-order valence-electron chi connectivity index (χ1n) is 9.25. The summed E-state index contributed by atoms with van der Waals surface area (Å²) < 4.78 is 11.3. The molecule has 0 saturated heterocycles. The summed E-state index contributed by atoms with van der Waals surface area (Å²) in [4.78, 5) is 24.8. The lowest BCUT2D eigenvalue weighted by atomic mass is 10.1. The van der Waals surface area contributed by atoms with Gasteiger partial charge in [0.2, 0.25) is 0 Å². The third-order valence-corrected chi connectivity index (χ3v) is 4.84. The lowest BCUT2D eigenvalue weighted by Crippen LogP contribution is -2.43. The summed E-state index contributed by atoms with van der Waals surface area (Å²) in [5.41, 5.74) is 1.37. The monoisotopic (exact) mass is 447 g/mol. The molecule has 150 valence electrons.